The number of rotatable bonds is 7. The number of esters is 1. The van der Waals surface area contributed by atoms with Gasteiger partial charge in [-0.3, -0.25) is 14.4 Å². The van der Waals surface area contributed by atoms with Crippen LogP contribution in [-0.4, -0.2) is 38.6 Å². The van der Waals surface area contributed by atoms with Gasteiger partial charge in [-0.2, -0.15) is 0 Å². The molecular weight excluding hydrogens is 456 g/mol. The SMILES string of the molecule is CC(=O)O[C@H]1C(=O)[C@H]2[C@@](CO[Si](C(C)C)(C(C)C)C(C)C)(CC[C@H]3[C@H](C)CCC(=O)[C@@]32C)C[C@H]1C. The molecule has 3 aliphatic carbocycles. The number of fused-ring (bicyclic) bond motifs is 3. The van der Waals surface area contributed by atoms with Gasteiger partial charge in [-0.05, 0) is 54.1 Å². The van der Waals surface area contributed by atoms with Crippen LogP contribution in [0.4, 0.5) is 0 Å². The van der Waals surface area contributed by atoms with Crippen LogP contribution in [0, 0.1) is 34.5 Å². The topological polar surface area (TPSA) is 69.7 Å². The van der Waals surface area contributed by atoms with E-state index in [9.17, 15) is 14.4 Å². The van der Waals surface area contributed by atoms with E-state index in [0.29, 0.717) is 35.6 Å². The fourth-order valence-corrected chi connectivity index (χ4v) is 14.7. The molecule has 0 radical (unpaired) electrons. The molecule has 7 atom stereocenters. The summed E-state index contributed by atoms with van der Waals surface area (Å²) in [6.07, 6.45) is 3.28. The van der Waals surface area contributed by atoms with Gasteiger partial charge in [0.05, 0.1) is 0 Å². The van der Waals surface area contributed by atoms with Crippen molar-refractivity contribution in [3.8, 4) is 0 Å². The van der Waals surface area contributed by atoms with Gasteiger partial charge in [-0.1, -0.05) is 62.3 Å². The first kappa shape index (κ1) is 28.6. The highest BCUT2D eigenvalue weighted by Crippen LogP contribution is 2.64. The molecule has 3 fully saturated rings. The highest BCUT2D eigenvalue weighted by atomic mass is 28.4. The zero-order chi connectivity index (χ0) is 26.5. The van der Waals surface area contributed by atoms with Crippen molar-refractivity contribution in [3.63, 3.8) is 0 Å². The van der Waals surface area contributed by atoms with E-state index in [4.69, 9.17) is 9.16 Å². The Balaban J connectivity index is 2.11. The summed E-state index contributed by atoms with van der Waals surface area (Å²) in [5.74, 6) is -0.183. The Morgan fingerprint density at radius 3 is 2.09 bits per heavy atom. The minimum absolute atomic E-state index is 0.0388. The van der Waals surface area contributed by atoms with Gasteiger partial charge in [0.25, 0.3) is 0 Å². The summed E-state index contributed by atoms with van der Waals surface area (Å²) in [6.45, 7) is 22.0. The van der Waals surface area contributed by atoms with Gasteiger partial charge in [-0.25, -0.2) is 0 Å². The fraction of sp³-hybridized carbons (Fsp3) is 0.897. The second-order valence-corrected chi connectivity index (χ2v) is 18.8. The van der Waals surface area contributed by atoms with Crippen LogP contribution >= 0.6 is 0 Å². The van der Waals surface area contributed by atoms with Crippen LogP contribution in [0.15, 0.2) is 0 Å². The van der Waals surface area contributed by atoms with E-state index in [1.807, 2.05) is 6.92 Å². The Bertz CT molecular complexity index is 813. The predicted octanol–water partition coefficient (Wildman–Crippen LogP) is 6.74. The predicted molar refractivity (Wildman–Crippen MR) is 142 cm³/mol. The van der Waals surface area contributed by atoms with E-state index in [0.717, 1.165) is 25.7 Å². The minimum atomic E-state index is -2.16. The van der Waals surface area contributed by atoms with Crippen molar-refractivity contribution in [1.29, 1.82) is 0 Å². The van der Waals surface area contributed by atoms with Crippen LogP contribution in [0.25, 0.3) is 0 Å². The monoisotopic (exact) mass is 506 g/mol. The molecule has 35 heavy (non-hydrogen) atoms. The number of Topliss-reactive ketones (excluding diaryl/α,β-unsaturated/α-hetero) is 2. The highest BCUT2D eigenvalue weighted by molar-refractivity contribution is 6.77. The molecule has 6 heteroatoms. The number of ketones is 2. The van der Waals surface area contributed by atoms with E-state index in [1.165, 1.54) is 6.92 Å². The molecule has 0 spiro atoms. The third kappa shape index (κ3) is 4.49. The minimum Gasteiger partial charge on any atom is -0.454 e. The Kier molecular flexibility index (Phi) is 8.19. The van der Waals surface area contributed by atoms with Crippen LogP contribution in [0.2, 0.25) is 16.6 Å². The van der Waals surface area contributed by atoms with E-state index in [1.54, 1.807) is 0 Å². The molecule has 0 unspecified atom stereocenters. The standard InChI is InChI=1S/C29H50O5Si/c1-17(2)35(18(3)4,19(5)6)33-16-29-14-13-23-20(7)11-12-24(31)28(23,10)27(29)25(32)26(21(8)15-29)34-22(9)30/h17-21,23,26-27H,11-16H2,1-10H3/t20-,21-,23+,26-,27-,28-,29+/m1/s1. The summed E-state index contributed by atoms with van der Waals surface area (Å²) in [5.41, 5.74) is 0.248. The summed E-state index contributed by atoms with van der Waals surface area (Å²) < 4.78 is 12.8. The molecule has 0 heterocycles. The van der Waals surface area contributed by atoms with Crippen molar-refractivity contribution in [2.24, 2.45) is 34.5 Å². The molecule has 0 saturated heterocycles. The quantitative estimate of drug-likeness (QED) is 0.282. The molecule has 200 valence electrons. The number of hydrogen-bond donors (Lipinski definition) is 0. The zero-order valence-electron chi connectivity index (χ0n) is 23.9. The second-order valence-electron chi connectivity index (χ2n) is 13.4. The van der Waals surface area contributed by atoms with Crippen molar-refractivity contribution in [2.45, 2.75) is 124 Å². The molecule has 3 rings (SSSR count). The number of carbonyl (C=O) groups excluding carboxylic acids is 3. The van der Waals surface area contributed by atoms with Crippen molar-refractivity contribution < 1.29 is 23.5 Å². The van der Waals surface area contributed by atoms with Gasteiger partial charge in [0, 0.05) is 42.6 Å². The Morgan fingerprint density at radius 1 is 1.00 bits per heavy atom. The van der Waals surface area contributed by atoms with Crippen molar-refractivity contribution in [3.05, 3.63) is 0 Å². The molecule has 0 amide bonds. The van der Waals surface area contributed by atoms with Crippen molar-refractivity contribution >= 4 is 25.9 Å². The van der Waals surface area contributed by atoms with Crippen LogP contribution < -0.4 is 0 Å². The van der Waals surface area contributed by atoms with Gasteiger partial charge in [0.15, 0.2) is 20.2 Å². The van der Waals surface area contributed by atoms with Crippen LogP contribution in [0.3, 0.4) is 0 Å². The lowest BCUT2D eigenvalue weighted by molar-refractivity contribution is -0.193. The maximum atomic E-state index is 14.3. The average Bonchev–Trinajstić information content (AvgIpc) is 2.73. The molecular formula is C29H50O5Si. The normalized spacial score (nSPS) is 38.0. The van der Waals surface area contributed by atoms with Crippen LogP contribution in [-0.2, 0) is 23.5 Å². The summed E-state index contributed by atoms with van der Waals surface area (Å²) >= 11 is 0. The van der Waals surface area contributed by atoms with Crippen molar-refractivity contribution in [2.75, 3.05) is 6.61 Å². The highest BCUT2D eigenvalue weighted by Gasteiger charge is 2.67. The van der Waals surface area contributed by atoms with Crippen LogP contribution in [0.1, 0.15) is 101 Å². The lowest BCUT2D eigenvalue weighted by atomic mass is 9.41. The molecule has 3 aliphatic rings. The second kappa shape index (κ2) is 10.0. The van der Waals surface area contributed by atoms with Gasteiger partial charge < -0.3 is 9.16 Å². The summed E-state index contributed by atoms with van der Waals surface area (Å²) in [6, 6.07) is 0. The van der Waals surface area contributed by atoms with Crippen molar-refractivity contribution in [1.82, 2.24) is 0 Å². The van der Waals surface area contributed by atoms with E-state index in [2.05, 4.69) is 55.4 Å². The maximum absolute atomic E-state index is 14.3. The molecule has 0 aromatic carbocycles. The fourth-order valence-electron chi connectivity index (χ4n) is 9.16. The van der Waals surface area contributed by atoms with Gasteiger partial charge >= 0.3 is 5.97 Å². The third-order valence-corrected chi connectivity index (χ3v) is 16.5. The summed E-state index contributed by atoms with van der Waals surface area (Å²) in [4.78, 5) is 39.9. The average molecular weight is 507 g/mol. The van der Waals surface area contributed by atoms with E-state index >= 15 is 0 Å². The van der Waals surface area contributed by atoms with Gasteiger partial charge in [-0.15, -0.1) is 0 Å². The summed E-state index contributed by atoms with van der Waals surface area (Å²) in [5, 5.41) is 0. The summed E-state index contributed by atoms with van der Waals surface area (Å²) in [7, 11) is -2.16. The molecule has 0 bridgehead atoms. The first-order chi connectivity index (χ1) is 16.1. The Morgan fingerprint density at radius 2 is 1.57 bits per heavy atom. The Labute approximate surface area is 214 Å². The van der Waals surface area contributed by atoms with Crippen LogP contribution in [0.5, 0.6) is 0 Å². The smallest absolute Gasteiger partial charge is 0.303 e. The molecule has 0 aromatic heterocycles. The first-order valence-electron chi connectivity index (χ1n) is 14.0. The number of ether oxygens (including phenoxy) is 1. The lowest BCUT2D eigenvalue weighted by Crippen LogP contribution is -2.66. The molecule has 5 nitrogen and oxygen atoms in total. The van der Waals surface area contributed by atoms with Gasteiger partial charge in [0.1, 0.15) is 5.78 Å². The third-order valence-electron chi connectivity index (χ3n) is 10.5. The zero-order valence-corrected chi connectivity index (χ0v) is 24.9. The number of carbonyl (C=O) groups is 3. The van der Waals surface area contributed by atoms with E-state index in [-0.39, 0.29) is 28.8 Å². The maximum Gasteiger partial charge on any atom is 0.303 e. The Hall–Kier alpha value is -1.01. The molecule has 0 N–H and O–H groups in total. The largest absolute Gasteiger partial charge is 0.454 e. The lowest BCUT2D eigenvalue weighted by Gasteiger charge is -2.62. The number of hydrogen-bond acceptors (Lipinski definition) is 5. The molecule has 0 aliphatic heterocycles. The molecule has 0 aromatic rings. The van der Waals surface area contributed by atoms with E-state index < -0.39 is 31.7 Å². The molecule has 3 saturated carbocycles. The van der Waals surface area contributed by atoms with Gasteiger partial charge in [0.2, 0.25) is 0 Å². The first-order valence-corrected chi connectivity index (χ1v) is 16.2.